The van der Waals surface area contributed by atoms with Gasteiger partial charge in [-0.15, -0.1) is 0 Å². The van der Waals surface area contributed by atoms with Crippen LogP contribution in [0.2, 0.25) is 0 Å². The first-order valence-corrected chi connectivity index (χ1v) is 6.17. The van der Waals surface area contributed by atoms with Crippen LogP contribution in [0, 0.1) is 5.92 Å². The number of ether oxygens (including phenoxy) is 3. The number of aliphatic hydroxyl groups excluding tert-OH is 2. The summed E-state index contributed by atoms with van der Waals surface area (Å²) in [5.41, 5.74) is 0. The van der Waals surface area contributed by atoms with Crippen molar-refractivity contribution in [2.24, 2.45) is 5.92 Å². The third-order valence-corrected chi connectivity index (χ3v) is 3.33. The highest BCUT2D eigenvalue weighted by Gasteiger charge is 2.55. The molecule has 2 aliphatic rings. The van der Waals surface area contributed by atoms with Gasteiger partial charge in [0, 0.05) is 0 Å². The Morgan fingerprint density at radius 3 is 2.41 bits per heavy atom. The second-order valence-corrected chi connectivity index (χ2v) is 5.62. The first kappa shape index (κ1) is 13.2. The third-order valence-electron chi connectivity index (χ3n) is 3.33. The van der Waals surface area contributed by atoms with E-state index >= 15 is 0 Å². The molecule has 6 atom stereocenters. The van der Waals surface area contributed by atoms with Crippen molar-refractivity contribution >= 4 is 0 Å². The minimum Gasteiger partial charge on any atom is -0.393 e. The molecule has 0 radical (unpaired) electrons. The molecule has 0 bridgehead atoms. The summed E-state index contributed by atoms with van der Waals surface area (Å²) in [6.45, 7) is 7.28. The zero-order chi connectivity index (χ0) is 12.8. The van der Waals surface area contributed by atoms with Gasteiger partial charge in [0.15, 0.2) is 12.1 Å². The molecule has 2 aliphatic heterocycles. The molecule has 2 saturated heterocycles. The van der Waals surface area contributed by atoms with Crippen LogP contribution in [0.15, 0.2) is 0 Å². The van der Waals surface area contributed by atoms with E-state index in [-0.39, 0.29) is 12.0 Å². The lowest BCUT2D eigenvalue weighted by atomic mass is 9.93. The highest BCUT2D eigenvalue weighted by Crippen LogP contribution is 2.39. The first-order valence-electron chi connectivity index (χ1n) is 6.17. The molecule has 0 aromatic heterocycles. The van der Waals surface area contributed by atoms with Crippen LogP contribution in [0.1, 0.15) is 34.1 Å². The summed E-state index contributed by atoms with van der Waals surface area (Å²) in [7, 11) is 0. The number of hydrogen-bond acceptors (Lipinski definition) is 5. The molecule has 0 aromatic carbocycles. The van der Waals surface area contributed by atoms with Crippen LogP contribution >= 0.6 is 0 Å². The molecule has 0 aliphatic carbocycles. The molecule has 0 amide bonds. The number of fused-ring (bicyclic) bond motifs is 1. The zero-order valence-electron chi connectivity index (χ0n) is 10.8. The highest BCUT2D eigenvalue weighted by atomic mass is 16.8. The van der Waals surface area contributed by atoms with Crippen LogP contribution in [-0.2, 0) is 14.2 Å². The Morgan fingerprint density at radius 1 is 1.24 bits per heavy atom. The van der Waals surface area contributed by atoms with Crippen LogP contribution in [-0.4, -0.2) is 46.7 Å². The Labute approximate surface area is 102 Å². The van der Waals surface area contributed by atoms with Crippen LogP contribution in [0.5, 0.6) is 0 Å². The Balaban J connectivity index is 1.98. The van der Waals surface area contributed by atoms with E-state index in [0.29, 0.717) is 6.42 Å². The van der Waals surface area contributed by atoms with Gasteiger partial charge in [0.2, 0.25) is 0 Å². The Bertz CT molecular complexity index is 278. The lowest BCUT2D eigenvalue weighted by molar-refractivity contribution is -0.221. The minimum absolute atomic E-state index is 0.0610. The van der Waals surface area contributed by atoms with E-state index in [2.05, 4.69) is 0 Å². The van der Waals surface area contributed by atoms with Crippen LogP contribution < -0.4 is 0 Å². The summed E-state index contributed by atoms with van der Waals surface area (Å²) >= 11 is 0. The topological polar surface area (TPSA) is 68.2 Å². The highest BCUT2D eigenvalue weighted by molar-refractivity contribution is 4.94. The van der Waals surface area contributed by atoms with Crippen molar-refractivity contribution in [3.63, 3.8) is 0 Å². The van der Waals surface area contributed by atoms with Crippen molar-refractivity contribution in [2.45, 2.75) is 70.6 Å². The normalized spacial score (nSPS) is 43.4. The third kappa shape index (κ3) is 2.63. The van der Waals surface area contributed by atoms with Gasteiger partial charge in [-0.2, -0.15) is 0 Å². The predicted molar refractivity (Wildman–Crippen MR) is 60.2 cm³/mol. The molecule has 1 unspecified atom stereocenters. The monoisotopic (exact) mass is 246 g/mol. The van der Waals surface area contributed by atoms with Crippen LogP contribution in [0.4, 0.5) is 0 Å². The van der Waals surface area contributed by atoms with Gasteiger partial charge in [-0.05, 0) is 33.1 Å². The summed E-state index contributed by atoms with van der Waals surface area (Å²) in [6, 6.07) is 0. The maximum atomic E-state index is 10.2. The van der Waals surface area contributed by atoms with E-state index in [4.69, 9.17) is 14.2 Å². The zero-order valence-corrected chi connectivity index (χ0v) is 10.8. The fraction of sp³-hybridized carbons (Fsp3) is 1.00. The van der Waals surface area contributed by atoms with Gasteiger partial charge in [0.1, 0.15) is 12.2 Å². The molecule has 2 heterocycles. The van der Waals surface area contributed by atoms with Crippen molar-refractivity contribution in [3.8, 4) is 0 Å². The second kappa shape index (κ2) is 4.48. The molecule has 17 heavy (non-hydrogen) atoms. The Morgan fingerprint density at radius 2 is 1.88 bits per heavy atom. The largest absolute Gasteiger partial charge is 0.393 e. The van der Waals surface area contributed by atoms with Crippen LogP contribution in [0.25, 0.3) is 0 Å². The summed E-state index contributed by atoms with van der Waals surface area (Å²) in [4.78, 5) is 0. The maximum Gasteiger partial charge on any atom is 0.190 e. The average molecular weight is 246 g/mol. The van der Waals surface area contributed by atoms with Crippen molar-refractivity contribution in [1.29, 1.82) is 0 Å². The summed E-state index contributed by atoms with van der Waals surface area (Å²) in [5, 5.41) is 19.5. The van der Waals surface area contributed by atoms with Crippen LogP contribution in [0.3, 0.4) is 0 Å². The van der Waals surface area contributed by atoms with E-state index < -0.39 is 30.4 Å². The molecular weight excluding hydrogens is 224 g/mol. The quantitative estimate of drug-likeness (QED) is 0.764. The van der Waals surface area contributed by atoms with Crippen molar-refractivity contribution < 1.29 is 24.4 Å². The summed E-state index contributed by atoms with van der Waals surface area (Å²) in [6.07, 6.45) is -1.77. The van der Waals surface area contributed by atoms with Gasteiger partial charge < -0.3 is 24.4 Å². The summed E-state index contributed by atoms with van der Waals surface area (Å²) in [5.74, 6) is -0.639. The smallest absolute Gasteiger partial charge is 0.190 e. The van der Waals surface area contributed by atoms with Crippen molar-refractivity contribution in [2.75, 3.05) is 0 Å². The summed E-state index contributed by atoms with van der Waals surface area (Å²) < 4.78 is 16.9. The van der Waals surface area contributed by atoms with E-state index in [1.54, 1.807) is 20.8 Å². The number of hydrogen-bond donors (Lipinski definition) is 2. The lowest BCUT2D eigenvalue weighted by Crippen LogP contribution is -2.38. The van der Waals surface area contributed by atoms with Gasteiger partial charge in [0.25, 0.3) is 0 Å². The van der Waals surface area contributed by atoms with Gasteiger partial charge >= 0.3 is 0 Å². The Kier molecular flexibility index (Phi) is 3.49. The van der Waals surface area contributed by atoms with Gasteiger partial charge in [-0.25, -0.2) is 0 Å². The fourth-order valence-electron chi connectivity index (χ4n) is 2.66. The number of aliphatic hydroxyl groups is 2. The SMILES string of the molecule is CC(O)C[C@H](C)[C@H]1O[C@@H]2OC(C)(C)O[C@@H]2[C@H]1O. The second-order valence-electron chi connectivity index (χ2n) is 5.62. The fourth-order valence-corrected chi connectivity index (χ4v) is 2.66. The lowest BCUT2D eigenvalue weighted by Gasteiger charge is -2.27. The van der Waals surface area contributed by atoms with Gasteiger partial charge in [-0.1, -0.05) is 6.92 Å². The van der Waals surface area contributed by atoms with Crippen molar-refractivity contribution in [1.82, 2.24) is 0 Å². The standard InChI is InChI=1S/C12H22O5/c1-6(5-7(2)13)9-8(14)10-11(15-9)17-12(3,4)16-10/h6-11,13-14H,5H2,1-4H3/t6-,7?,8-,9+,10+,11+/m0/s1. The van der Waals surface area contributed by atoms with E-state index in [1.807, 2.05) is 6.92 Å². The minimum atomic E-state index is -0.700. The molecule has 0 spiro atoms. The first-order chi connectivity index (χ1) is 7.80. The number of rotatable bonds is 3. The molecule has 5 nitrogen and oxygen atoms in total. The van der Waals surface area contributed by atoms with E-state index in [9.17, 15) is 10.2 Å². The molecule has 2 rings (SSSR count). The molecule has 100 valence electrons. The average Bonchev–Trinajstić information content (AvgIpc) is 2.60. The van der Waals surface area contributed by atoms with Crippen molar-refractivity contribution in [3.05, 3.63) is 0 Å². The maximum absolute atomic E-state index is 10.2. The Hall–Kier alpha value is -0.200. The molecule has 5 heteroatoms. The molecule has 2 fully saturated rings. The van der Waals surface area contributed by atoms with Gasteiger partial charge in [0.05, 0.1) is 12.2 Å². The molecular formula is C12H22O5. The molecule has 2 N–H and O–H groups in total. The van der Waals surface area contributed by atoms with E-state index in [0.717, 1.165) is 0 Å². The predicted octanol–water partition coefficient (Wildman–Crippen LogP) is 0.631. The van der Waals surface area contributed by atoms with E-state index in [1.165, 1.54) is 0 Å². The molecule has 0 aromatic rings. The van der Waals surface area contributed by atoms with Gasteiger partial charge in [-0.3, -0.25) is 0 Å². The molecule has 0 saturated carbocycles.